The van der Waals surface area contributed by atoms with Crippen LogP contribution in [0.5, 0.6) is 11.5 Å². The Morgan fingerprint density at radius 2 is 1.85 bits per heavy atom. The van der Waals surface area contributed by atoms with Gasteiger partial charge in [-0.15, -0.1) is 0 Å². The van der Waals surface area contributed by atoms with Crippen molar-refractivity contribution in [1.82, 2.24) is 0 Å². The molecule has 0 bridgehead atoms. The molecule has 26 heavy (non-hydrogen) atoms. The average Bonchev–Trinajstić information content (AvgIpc) is 2.88. The van der Waals surface area contributed by atoms with E-state index in [0.717, 1.165) is 43.6 Å². The summed E-state index contributed by atoms with van der Waals surface area (Å²) in [6.45, 7) is 8.87. The summed E-state index contributed by atoms with van der Waals surface area (Å²) in [6.07, 6.45) is 6.39. The van der Waals surface area contributed by atoms with Crippen molar-refractivity contribution in [2.24, 2.45) is 17.3 Å². The minimum atomic E-state index is -1.68. The molecule has 0 aromatic heterocycles. The molecule has 1 aromatic carbocycles. The van der Waals surface area contributed by atoms with Crippen LogP contribution in [-0.2, 0) is 11.2 Å². The molecule has 0 radical (unpaired) electrons. The van der Waals surface area contributed by atoms with E-state index >= 15 is 0 Å². The first kappa shape index (κ1) is 18.1. The van der Waals surface area contributed by atoms with E-state index < -0.39 is 8.32 Å². The van der Waals surface area contributed by atoms with Crippen molar-refractivity contribution in [2.75, 3.05) is 7.11 Å². The van der Waals surface area contributed by atoms with Crippen LogP contribution in [0.25, 0.3) is 0 Å². The van der Waals surface area contributed by atoms with Crippen LogP contribution >= 0.6 is 0 Å². The standard InChI is InChI=1S/C22H32O3Si/c1-22-11-10-15-16(18(22)8-9-21(22)23)7-6-14-12-20(25-26(3,4)5)19(24-2)13-17(14)15/h12-13,15-16,18H,6-11H2,1-5H3/t15-,16+,18-,22-/m0/s1. The molecule has 142 valence electrons. The number of hydrogen-bond donors (Lipinski definition) is 0. The van der Waals surface area contributed by atoms with E-state index in [4.69, 9.17) is 9.16 Å². The fourth-order valence-electron chi connectivity index (χ4n) is 5.92. The minimum Gasteiger partial charge on any atom is -0.542 e. The zero-order valence-electron chi connectivity index (χ0n) is 16.9. The van der Waals surface area contributed by atoms with E-state index in [9.17, 15) is 4.79 Å². The quantitative estimate of drug-likeness (QED) is 0.672. The number of aryl methyl sites for hydroxylation is 1. The first-order valence-corrected chi connectivity index (χ1v) is 13.6. The fraction of sp³-hybridized carbons (Fsp3) is 0.682. The third kappa shape index (κ3) is 2.81. The van der Waals surface area contributed by atoms with Crippen LogP contribution in [0.3, 0.4) is 0 Å². The van der Waals surface area contributed by atoms with Gasteiger partial charge in [-0.3, -0.25) is 4.79 Å². The maximum atomic E-state index is 12.5. The highest BCUT2D eigenvalue weighted by molar-refractivity contribution is 6.70. The van der Waals surface area contributed by atoms with Crippen LogP contribution < -0.4 is 9.16 Å². The second-order valence-electron chi connectivity index (χ2n) is 9.75. The number of fused-ring (bicyclic) bond motifs is 5. The van der Waals surface area contributed by atoms with Crippen molar-refractivity contribution >= 4 is 14.1 Å². The first-order valence-electron chi connectivity index (χ1n) is 10.2. The van der Waals surface area contributed by atoms with Gasteiger partial charge in [0.25, 0.3) is 0 Å². The van der Waals surface area contributed by atoms with Gasteiger partial charge in [0.05, 0.1) is 7.11 Å². The number of ketones is 1. The monoisotopic (exact) mass is 372 g/mol. The zero-order chi connectivity index (χ0) is 18.7. The topological polar surface area (TPSA) is 35.5 Å². The summed E-state index contributed by atoms with van der Waals surface area (Å²) in [5, 5.41) is 0. The van der Waals surface area contributed by atoms with Gasteiger partial charge >= 0.3 is 0 Å². The summed E-state index contributed by atoms with van der Waals surface area (Å²) >= 11 is 0. The average molecular weight is 373 g/mol. The highest BCUT2D eigenvalue weighted by atomic mass is 28.4. The number of carbonyl (C=O) groups excluding carboxylic acids is 1. The second kappa shape index (κ2) is 6.12. The van der Waals surface area contributed by atoms with Crippen LogP contribution in [-0.4, -0.2) is 21.2 Å². The maximum absolute atomic E-state index is 12.5. The summed E-state index contributed by atoms with van der Waals surface area (Å²) in [7, 11) is 0.0645. The number of rotatable bonds is 3. The Morgan fingerprint density at radius 3 is 2.54 bits per heavy atom. The Bertz CT molecular complexity index is 736. The molecule has 3 nitrogen and oxygen atoms in total. The third-order valence-electron chi connectivity index (χ3n) is 7.13. The van der Waals surface area contributed by atoms with Crippen LogP contribution in [0.4, 0.5) is 0 Å². The Balaban J connectivity index is 1.69. The minimum absolute atomic E-state index is 0.0519. The zero-order valence-corrected chi connectivity index (χ0v) is 17.9. The highest BCUT2D eigenvalue weighted by Crippen LogP contribution is 2.60. The number of Topliss-reactive ketones (excluding diaryl/α,β-unsaturated/α-hetero) is 1. The number of carbonyl (C=O) groups is 1. The Labute approximate surface area is 158 Å². The van der Waals surface area contributed by atoms with Gasteiger partial charge in [0.1, 0.15) is 11.5 Å². The summed E-state index contributed by atoms with van der Waals surface area (Å²) in [6, 6.07) is 4.50. The van der Waals surface area contributed by atoms with Crippen molar-refractivity contribution in [1.29, 1.82) is 0 Å². The van der Waals surface area contributed by atoms with Crippen LogP contribution in [0.1, 0.15) is 56.1 Å². The smallest absolute Gasteiger partial charge is 0.242 e. The van der Waals surface area contributed by atoms with Crippen molar-refractivity contribution < 1.29 is 14.0 Å². The molecule has 3 aliphatic rings. The molecule has 0 unspecified atom stereocenters. The third-order valence-corrected chi connectivity index (χ3v) is 7.97. The van der Waals surface area contributed by atoms with Crippen molar-refractivity contribution in [3.63, 3.8) is 0 Å². The normalized spacial score (nSPS) is 33.3. The molecular weight excluding hydrogens is 340 g/mol. The predicted molar refractivity (Wildman–Crippen MR) is 107 cm³/mol. The largest absolute Gasteiger partial charge is 0.542 e. The molecule has 0 amide bonds. The molecule has 4 atom stereocenters. The van der Waals surface area contributed by atoms with E-state index in [1.807, 2.05) is 0 Å². The summed E-state index contributed by atoms with van der Waals surface area (Å²) in [5.74, 6) is 4.12. The second-order valence-corrected chi connectivity index (χ2v) is 14.2. The molecule has 4 heteroatoms. The molecule has 4 rings (SSSR count). The van der Waals surface area contributed by atoms with E-state index in [1.54, 1.807) is 7.11 Å². The van der Waals surface area contributed by atoms with Gasteiger partial charge in [-0.25, -0.2) is 0 Å². The van der Waals surface area contributed by atoms with Crippen LogP contribution in [0.2, 0.25) is 19.6 Å². The number of benzene rings is 1. The van der Waals surface area contributed by atoms with Gasteiger partial charge in [0.2, 0.25) is 8.32 Å². The SMILES string of the molecule is COc1cc2c(cc1O[Si](C)(C)C)CC[C@@H]1[C@@H]2CC[C@]2(C)C(=O)CC[C@@H]12. The molecule has 2 saturated carbocycles. The van der Waals surface area contributed by atoms with Gasteiger partial charge in [-0.05, 0) is 92.8 Å². The van der Waals surface area contributed by atoms with Gasteiger partial charge in [0.15, 0.2) is 5.75 Å². The Kier molecular flexibility index (Phi) is 4.25. The molecule has 3 aliphatic carbocycles. The summed E-state index contributed by atoms with van der Waals surface area (Å²) < 4.78 is 12.0. The molecule has 0 spiro atoms. The maximum Gasteiger partial charge on any atom is 0.242 e. The number of methoxy groups -OCH3 is 1. The molecular formula is C22H32O3Si. The molecule has 2 fully saturated rings. The molecule has 0 heterocycles. The van der Waals surface area contributed by atoms with Crippen molar-refractivity contribution in [3.8, 4) is 11.5 Å². The lowest BCUT2D eigenvalue weighted by Crippen LogP contribution is -2.42. The van der Waals surface area contributed by atoms with Gasteiger partial charge < -0.3 is 9.16 Å². The lowest BCUT2D eigenvalue weighted by Gasteiger charge is -2.48. The molecule has 0 aliphatic heterocycles. The molecule has 1 aromatic rings. The predicted octanol–water partition coefficient (Wildman–Crippen LogP) is 5.33. The number of hydrogen-bond acceptors (Lipinski definition) is 3. The Hall–Kier alpha value is -1.29. The van der Waals surface area contributed by atoms with Crippen molar-refractivity contribution in [2.45, 2.75) is 71.0 Å². The lowest BCUT2D eigenvalue weighted by atomic mass is 9.55. The van der Waals surface area contributed by atoms with Gasteiger partial charge in [0, 0.05) is 11.8 Å². The van der Waals surface area contributed by atoms with Gasteiger partial charge in [-0.2, -0.15) is 0 Å². The molecule has 0 saturated heterocycles. The fourth-order valence-corrected chi connectivity index (χ4v) is 6.74. The molecule has 0 N–H and O–H groups in total. The Morgan fingerprint density at radius 1 is 1.08 bits per heavy atom. The first-order chi connectivity index (χ1) is 12.2. The van der Waals surface area contributed by atoms with Crippen LogP contribution in [0.15, 0.2) is 12.1 Å². The number of ether oxygens (including phenoxy) is 1. The van der Waals surface area contributed by atoms with Crippen LogP contribution in [0, 0.1) is 17.3 Å². The van der Waals surface area contributed by atoms with Gasteiger partial charge in [-0.1, -0.05) is 6.92 Å². The van der Waals surface area contributed by atoms with Crippen molar-refractivity contribution in [3.05, 3.63) is 23.3 Å². The summed E-state index contributed by atoms with van der Waals surface area (Å²) in [5.41, 5.74) is 2.85. The van der Waals surface area contributed by atoms with E-state index in [0.29, 0.717) is 23.5 Å². The van der Waals surface area contributed by atoms with E-state index in [-0.39, 0.29) is 5.41 Å². The van der Waals surface area contributed by atoms with E-state index in [2.05, 4.69) is 38.7 Å². The summed E-state index contributed by atoms with van der Waals surface area (Å²) in [4.78, 5) is 12.5. The van der Waals surface area contributed by atoms with E-state index in [1.165, 1.54) is 17.5 Å². The lowest BCUT2D eigenvalue weighted by molar-refractivity contribution is -0.129. The highest BCUT2D eigenvalue weighted by Gasteiger charge is 2.54.